The molecular formula is C19H17F3N4O2S. The Morgan fingerprint density at radius 1 is 1.03 bits per heavy atom. The topological polar surface area (TPSA) is 83.1 Å². The van der Waals surface area contributed by atoms with E-state index in [4.69, 9.17) is 0 Å². The number of aryl methyl sites for hydroxylation is 2. The second-order valence-electron chi connectivity index (χ2n) is 6.33. The highest BCUT2D eigenvalue weighted by molar-refractivity contribution is 7.20. The van der Waals surface area contributed by atoms with E-state index in [1.165, 1.54) is 6.07 Å². The van der Waals surface area contributed by atoms with Gasteiger partial charge in [0.05, 0.1) is 11.4 Å². The summed E-state index contributed by atoms with van der Waals surface area (Å²) in [6.07, 6.45) is -4.56. The number of rotatable bonds is 4. The maximum atomic E-state index is 12.8. The number of pyridine rings is 1. The Kier molecular flexibility index (Phi) is 5.73. The molecule has 2 amide bonds. The van der Waals surface area contributed by atoms with Crippen molar-refractivity contribution >= 4 is 39.1 Å². The molecule has 0 spiro atoms. The zero-order valence-electron chi connectivity index (χ0n) is 15.5. The summed E-state index contributed by atoms with van der Waals surface area (Å²) in [6.45, 7) is 3.50. The van der Waals surface area contributed by atoms with Crippen molar-refractivity contribution in [3.05, 3.63) is 58.1 Å². The van der Waals surface area contributed by atoms with Gasteiger partial charge >= 0.3 is 6.18 Å². The molecule has 0 aliphatic rings. The number of carbonyl (C=O) groups is 2. The first-order chi connectivity index (χ1) is 13.6. The molecule has 0 atom stereocenters. The monoisotopic (exact) mass is 422 g/mol. The predicted octanol–water partition coefficient (Wildman–Crippen LogP) is 3.81. The van der Waals surface area contributed by atoms with E-state index in [0.29, 0.717) is 10.9 Å². The number of nitrogens with zero attached hydrogens (tertiary/aromatic N) is 1. The van der Waals surface area contributed by atoms with Crippen molar-refractivity contribution in [1.29, 1.82) is 0 Å². The molecule has 0 unspecified atom stereocenters. The van der Waals surface area contributed by atoms with Gasteiger partial charge in [0.2, 0.25) is 0 Å². The van der Waals surface area contributed by atoms with Gasteiger partial charge in [-0.05, 0) is 43.7 Å². The van der Waals surface area contributed by atoms with E-state index in [2.05, 4.69) is 21.2 Å². The third kappa shape index (κ3) is 4.83. The van der Waals surface area contributed by atoms with E-state index in [0.717, 1.165) is 28.7 Å². The Morgan fingerprint density at radius 2 is 1.72 bits per heavy atom. The van der Waals surface area contributed by atoms with Gasteiger partial charge in [0.15, 0.2) is 0 Å². The molecule has 0 fully saturated rings. The van der Waals surface area contributed by atoms with Crippen molar-refractivity contribution in [3.63, 3.8) is 0 Å². The average molecular weight is 422 g/mol. The first-order valence-corrected chi connectivity index (χ1v) is 9.34. The smallest absolute Gasteiger partial charge is 0.376 e. The average Bonchev–Trinajstić information content (AvgIpc) is 3.01. The third-order valence-corrected chi connectivity index (χ3v) is 5.32. The summed E-state index contributed by atoms with van der Waals surface area (Å²) in [5, 5.41) is 3.37. The lowest BCUT2D eigenvalue weighted by Crippen LogP contribution is -2.44. The molecule has 152 valence electrons. The van der Waals surface area contributed by atoms with Gasteiger partial charge in [0, 0.05) is 11.1 Å². The van der Waals surface area contributed by atoms with Crippen molar-refractivity contribution in [2.45, 2.75) is 20.0 Å². The predicted molar refractivity (Wildman–Crippen MR) is 105 cm³/mol. The second-order valence-corrected chi connectivity index (χ2v) is 7.32. The Labute approximate surface area is 168 Å². The van der Waals surface area contributed by atoms with E-state index in [-0.39, 0.29) is 16.3 Å². The summed E-state index contributed by atoms with van der Waals surface area (Å²) < 4.78 is 38.4. The van der Waals surface area contributed by atoms with Crippen LogP contribution in [0.25, 0.3) is 10.2 Å². The quantitative estimate of drug-likeness (QED) is 0.559. The minimum Gasteiger partial charge on any atom is -0.376 e. The fraction of sp³-hybridized carbons (Fsp3) is 0.211. The number of hydrogen-bond acceptors (Lipinski definition) is 5. The number of aromatic nitrogens is 1. The van der Waals surface area contributed by atoms with Gasteiger partial charge in [-0.2, -0.15) is 13.2 Å². The Balaban J connectivity index is 1.62. The fourth-order valence-electron chi connectivity index (χ4n) is 2.55. The number of thiophene rings is 1. The number of hydrazine groups is 1. The molecular weight excluding hydrogens is 405 g/mol. The Hall–Kier alpha value is -3.14. The summed E-state index contributed by atoms with van der Waals surface area (Å²) >= 11 is 0.835. The zero-order valence-corrected chi connectivity index (χ0v) is 16.3. The van der Waals surface area contributed by atoms with Crippen LogP contribution in [0.15, 0.2) is 36.4 Å². The van der Waals surface area contributed by atoms with Crippen molar-refractivity contribution in [2.24, 2.45) is 0 Å². The minimum atomic E-state index is -4.56. The minimum absolute atomic E-state index is 0.0642. The first-order valence-electron chi connectivity index (χ1n) is 8.52. The Morgan fingerprint density at radius 3 is 2.38 bits per heavy atom. The summed E-state index contributed by atoms with van der Waals surface area (Å²) in [6, 6.07) is 9.60. The molecule has 3 rings (SSSR count). The number of amides is 2. The zero-order chi connectivity index (χ0) is 21.2. The Bertz CT molecular complexity index is 1060. The van der Waals surface area contributed by atoms with Gasteiger partial charge in [0.25, 0.3) is 11.8 Å². The van der Waals surface area contributed by atoms with Crippen LogP contribution in [0.4, 0.5) is 18.9 Å². The van der Waals surface area contributed by atoms with Crippen molar-refractivity contribution in [3.8, 4) is 0 Å². The van der Waals surface area contributed by atoms with Gasteiger partial charge in [0.1, 0.15) is 10.5 Å². The molecule has 0 saturated heterocycles. The molecule has 0 radical (unpaired) electrons. The normalized spacial score (nSPS) is 11.3. The lowest BCUT2D eigenvalue weighted by atomic mass is 10.2. The highest BCUT2D eigenvalue weighted by Crippen LogP contribution is 2.34. The van der Waals surface area contributed by atoms with Crippen molar-refractivity contribution in [1.82, 2.24) is 15.8 Å². The number of fused-ring (bicyclic) bond motifs is 1. The van der Waals surface area contributed by atoms with E-state index in [9.17, 15) is 22.8 Å². The molecule has 6 nitrogen and oxygen atoms in total. The molecule has 3 N–H and O–H groups in total. The summed E-state index contributed by atoms with van der Waals surface area (Å²) in [5.41, 5.74) is 5.86. The summed E-state index contributed by atoms with van der Waals surface area (Å²) in [4.78, 5) is 28.1. The molecule has 0 saturated carbocycles. The van der Waals surface area contributed by atoms with E-state index < -0.39 is 23.7 Å². The molecule has 3 aromatic rings. The number of carbonyl (C=O) groups excluding carboxylic acids is 2. The van der Waals surface area contributed by atoms with Crippen molar-refractivity contribution < 1.29 is 22.8 Å². The number of alkyl halides is 3. The standard InChI is InChI=1S/C19H17F3N4O2S/c1-10-3-5-12(6-4-10)23-9-15(27)25-26-17(28)16-11(2)13-7-8-14(19(20,21)22)24-18(13)29-16/h3-8,23H,9H2,1-2H3,(H,25,27)(H,26,28). The number of hydrogen-bond donors (Lipinski definition) is 3. The molecule has 2 heterocycles. The molecule has 0 aliphatic heterocycles. The summed E-state index contributed by atoms with van der Waals surface area (Å²) in [5.74, 6) is -1.10. The first kappa shape index (κ1) is 20.6. The largest absolute Gasteiger partial charge is 0.433 e. The summed E-state index contributed by atoms with van der Waals surface area (Å²) in [7, 11) is 0. The molecule has 0 bridgehead atoms. The maximum Gasteiger partial charge on any atom is 0.433 e. The number of nitrogens with one attached hydrogen (secondary N) is 3. The third-order valence-electron chi connectivity index (χ3n) is 4.12. The SMILES string of the molecule is Cc1ccc(NCC(=O)NNC(=O)c2sc3nc(C(F)(F)F)ccc3c2C)cc1. The van der Waals surface area contributed by atoms with Crippen LogP contribution in [0.2, 0.25) is 0 Å². The lowest BCUT2D eigenvalue weighted by molar-refractivity contribution is -0.140. The van der Waals surface area contributed by atoms with Crippen LogP contribution in [-0.4, -0.2) is 23.3 Å². The van der Waals surface area contributed by atoms with E-state index in [1.54, 1.807) is 6.92 Å². The van der Waals surface area contributed by atoms with Crippen LogP contribution in [0.1, 0.15) is 26.5 Å². The molecule has 2 aromatic heterocycles. The molecule has 10 heteroatoms. The molecule has 29 heavy (non-hydrogen) atoms. The number of halogens is 3. The second kappa shape index (κ2) is 8.08. The van der Waals surface area contributed by atoms with E-state index >= 15 is 0 Å². The number of benzene rings is 1. The van der Waals surface area contributed by atoms with Crippen LogP contribution >= 0.6 is 11.3 Å². The van der Waals surface area contributed by atoms with Crippen LogP contribution in [-0.2, 0) is 11.0 Å². The lowest BCUT2D eigenvalue weighted by Gasteiger charge is -2.09. The van der Waals surface area contributed by atoms with Crippen LogP contribution < -0.4 is 16.2 Å². The van der Waals surface area contributed by atoms with Gasteiger partial charge in [-0.15, -0.1) is 11.3 Å². The highest BCUT2D eigenvalue weighted by atomic mass is 32.1. The van der Waals surface area contributed by atoms with Gasteiger partial charge in [-0.25, -0.2) is 4.98 Å². The van der Waals surface area contributed by atoms with Gasteiger partial charge < -0.3 is 5.32 Å². The van der Waals surface area contributed by atoms with Crippen LogP contribution in [0.3, 0.4) is 0 Å². The fourth-order valence-corrected chi connectivity index (χ4v) is 3.63. The van der Waals surface area contributed by atoms with Crippen molar-refractivity contribution in [2.75, 3.05) is 11.9 Å². The van der Waals surface area contributed by atoms with Crippen LogP contribution in [0, 0.1) is 13.8 Å². The number of anilines is 1. The van der Waals surface area contributed by atoms with E-state index in [1.807, 2.05) is 31.2 Å². The molecule has 1 aromatic carbocycles. The molecule has 0 aliphatic carbocycles. The highest BCUT2D eigenvalue weighted by Gasteiger charge is 2.33. The van der Waals surface area contributed by atoms with Gasteiger partial charge in [-0.1, -0.05) is 17.7 Å². The van der Waals surface area contributed by atoms with Crippen LogP contribution in [0.5, 0.6) is 0 Å². The maximum absolute atomic E-state index is 12.8. The van der Waals surface area contributed by atoms with Gasteiger partial charge in [-0.3, -0.25) is 20.4 Å².